The highest BCUT2D eigenvalue weighted by molar-refractivity contribution is 4.97. The van der Waals surface area contributed by atoms with Gasteiger partial charge in [-0.2, -0.15) is 0 Å². The molecule has 2 aliphatic carbocycles. The van der Waals surface area contributed by atoms with Crippen molar-refractivity contribution in [1.29, 1.82) is 0 Å². The Morgan fingerprint density at radius 1 is 1.00 bits per heavy atom. The van der Waals surface area contributed by atoms with Crippen LogP contribution in [0.3, 0.4) is 0 Å². The third-order valence-corrected chi connectivity index (χ3v) is 4.96. The van der Waals surface area contributed by atoms with Crippen molar-refractivity contribution >= 4 is 0 Å². The van der Waals surface area contributed by atoms with E-state index in [2.05, 4.69) is 4.90 Å². The zero-order valence-electron chi connectivity index (χ0n) is 9.57. The summed E-state index contributed by atoms with van der Waals surface area (Å²) in [6.45, 7) is 3.74. The highest BCUT2D eigenvalue weighted by Crippen LogP contribution is 2.48. The van der Waals surface area contributed by atoms with Gasteiger partial charge in [0.2, 0.25) is 0 Å². The van der Waals surface area contributed by atoms with Crippen LogP contribution in [0, 0.1) is 17.8 Å². The van der Waals surface area contributed by atoms with Gasteiger partial charge in [-0.05, 0) is 57.0 Å². The largest absolute Gasteiger partial charge is 0.392 e. The van der Waals surface area contributed by atoms with E-state index < -0.39 is 0 Å². The molecule has 0 aromatic heterocycles. The molecule has 1 aliphatic heterocycles. The first-order valence-corrected chi connectivity index (χ1v) is 6.75. The minimum absolute atomic E-state index is 0.0330. The Balaban J connectivity index is 1.58. The molecule has 86 valence electrons. The van der Waals surface area contributed by atoms with Gasteiger partial charge in [-0.15, -0.1) is 0 Å². The van der Waals surface area contributed by atoms with E-state index in [1.54, 1.807) is 0 Å². The summed E-state index contributed by atoms with van der Waals surface area (Å²) in [7, 11) is 0. The Bertz CT molecular complexity index is 223. The van der Waals surface area contributed by atoms with E-state index in [1.807, 2.05) is 0 Å². The van der Waals surface area contributed by atoms with Gasteiger partial charge >= 0.3 is 0 Å². The van der Waals surface area contributed by atoms with Crippen LogP contribution in [0.25, 0.3) is 0 Å². The normalized spacial score (nSPS) is 46.2. The minimum atomic E-state index is 0.0330. The maximum absolute atomic E-state index is 10.2. The van der Waals surface area contributed by atoms with Crippen molar-refractivity contribution in [3.05, 3.63) is 0 Å². The average Bonchev–Trinajstić information content (AvgIpc) is 2.84. The summed E-state index contributed by atoms with van der Waals surface area (Å²) in [6, 6.07) is 0. The van der Waals surface area contributed by atoms with E-state index in [1.165, 1.54) is 58.2 Å². The van der Waals surface area contributed by atoms with Crippen molar-refractivity contribution in [2.75, 3.05) is 19.6 Å². The topological polar surface area (TPSA) is 23.5 Å². The van der Waals surface area contributed by atoms with Crippen LogP contribution >= 0.6 is 0 Å². The van der Waals surface area contributed by atoms with Crippen LogP contribution in [-0.4, -0.2) is 35.7 Å². The summed E-state index contributed by atoms with van der Waals surface area (Å²) in [5, 5.41) is 10.2. The second kappa shape index (κ2) is 4.06. The highest BCUT2D eigenvalue weighted by atomic mass is 16.3. The van der Waals surface area contributed by atoms with E-state index in [0.717, 1.165) is 5.92 Å². The highest BCUT2D eigenvalue weighted by Gasteiger charge is 2.46. The summed E-state index contributed by atoms with van der Waals surface area (Å²) >= 11 is 0. The number of nitrogens with zero attached hydrogens (tertiary/aromatic N) is 1. The van der Waals surface area contributed by atoms with Gasteiger partial charge in [-0.25, -0.2) is 0 Å². The summed E-state index contributed by atoms with van der Waals surface area (Å²) in [6.07, 6.45) is 8.19. The van der Waals surface area contributed by atoms with Gasteiger partial charge in [0.1, 0.15) is 0 Å². The van der Waals surface area contributed by atoms with Gasteiger partial charge in [0, 0.05) is 12.5 Å². The lowest BCUT2D eigenvalue weighted by Gasteiger charge is -2.34. The molecule has 2 nitrogen and oxygen atoms in total. The van der Waals surface area contributed by atoms with E-state index in [9.17, 15) is 5.11 Å². The molecule has 2 saturated carbocycles. The van der Waals surface area contributed by atoms with Crippen molar-refractivity contribution in [1.82, 2.24) is 4.90 Å². The third kappa shape index (κ3) is 1.83. The molecule has 3 fully saturated rings. The molecule has 0 aromatic rings. The Hall–Kier alpha value is -0.0800. The molecule has 0 spiro atoms. The SMILES string of the molecule is O[C@@H]1[C@H]2CC[C@H](C2)[C@H]1CN1CCCCC1. The zero-order chi connectivity index (χ0) is 10.3. The van der Waals surface area contributed by atoms with Gasteiger partial charge in [0.15, 0.2) is 0 Å². The number of rotatable bonds is 2. The first kappa shape index (κ1) is 10.1. The maximum atomic E-state index is 10.2. The van der Waals surface area contributed by atoms with Gasteiger partial charge < -0.3 is 10.0 Å². The Labute approximate surface area is 92.7 Å². The molecule has 0 amide bonds. The molecule has 2 heteroatoms. The lowest BCUT2D eigenvalue weighted by atomic mass is 9.85. The first-order chi connectivity index (χ1) is 7.34. The number of hydrogen-bond acceptors (Lipinski definition) is 2. The summed E-state index contributed by atoms with van der Waals surface area (Å²) in [5.41, 5.74) is 0. The van der Waals surface area contributed by atoms with Crippen molar-refractivity contribution in [3.8, 4) is 0 Å². The molecule has 15 heavy (non-hydrogen) atoms. The summed E-state index contributed by atoms with van der Waals surface area (Å²) in [5.74, 6) is 2.12. The van der Waals surface area contributed by atoms with Gasteiger partial charge in [0.05, 0.1) is 6.10 Å². The van der Waals surface area contributed by atoms with E-state index in [-0.39, 0.29) is 6.10 Å². The second-order valence-corrected chi connectivity index (χ2v) is 5.85. The molecule has 3 aliphatic rings. The predicted molar refractivity (Wildman–Crippen MR) is 60.6 cm³/mol. The van der Waals surface area contributed by atoms with Crippen molar-refractivity contribution in [2.45, 2.75) is 44.6 Å². The fraction of sp³-hybridized carbons (Fsp3) is 1.00. The fourth-order valence-electron chi connectivity index (χ4n) is 4.08. The third-order valence-electron chi connectivity index (χ3n) is 4.96. The Morgan fingerprint density at radius 2 is 1.73 bits per heavy atom. The standard InChI is InChI=1S/C13H23NO/c15-13-11-5-4-10(8-11)12(13)9-14-6-2-1-3-7-14/h10-13,15H,1-9H2/t10-,11+,12-,13-/m1/s1. The van der Waals surface area contributed by atoms with Gasteiger partial charge in [-0.3, -0.25) is 0 Å². The number of piperidine rings is 1. The molecule has 0 unspecified atom stereocenters. The van der Waals surface area contributed by atoms with Crippen molar-refractivity contribution in [3.63, 3.8) is 0 Å². The smallest absolute Gasteiger partial charge is 0.0611 e. The molecule has 1 heterocycles. The van der Waals surface area contributed by atoms with Crippen LogP contribution in [0.1, 0.15) is 38.5 Å². The van der Waals surface area contributed by atoms with Crippen LogP contribution < -0.4 is 0 Å². The molecule has 4 atom stereocenters. The van der Waals surface area contributed by atoms with Crippen LogP contribution in [0.2, 0.25) is 0 Å². The number of likely N-dealkylation sites (tertiary alicyclic amines) is 1. The van der Waals surface area contributed by atoms with Crippen LogP contribution in [-0.2, 0) is 0 Å². The van der Waals surface area contributed by atoms with Gasteiger partial charge in [0.25, 0.3) is 0 Å². The summed E-state index contributed by atoms with van der Waals surface area (Å²) in [4.78, 5) is 2.60. The average molecular weight is 209 g/mol. The number of aliphatic hydroxyl groups excluding tert-OH is 1. The molecular weight excluding hydrogens is 186 g/mol. The maximum Gasteiger partial charge on any atom is 0.0611 e. The number of aliphatic hydroxyl groups is 1. The van der Waals surface area contributed by atoms with Crippen LogP contribution in [0.15, 0.2) is 0 Å². The molecule has 3 rings (SSSR count). The molecule has 2 bridgehead atoms. The zero-order valence-corrected chi connectivity index (χ0v) is 9.57. The summed E-state index contributed by atoms with van der Waals surface area (Å²) < 4.78 is 0. The monoisotopic (exact) mass is 209 g/mol. The second-order valence-electron chi connectivity index (χ2n) is 5.85. The number of fused-ring (bicyclic) bond motifs is 2. The number of hydrogen-bond donors (Lipinski definition) is 1. The molecule has 0 radical (unpaired) electrons. The minimum Gasteiger partial charge on any atom is -0.392 e. The van der Waals surface area contributed by atoms with E-state index >= 15 is 0 Å². The lowest BCUT2D eigenvalue weighted by molar-refractivity contribution is 0.0341. The van der Waals surface area contributed by atoms with Crippen LogP contribution in [0.4, 0.5) is 0 Å². The fourth-order valence-corrected chi connectivity index (χ4v) is 4.08. The first-order valence-electron chi connectivity index (χ1n) is 6.75. The van der Waals surface area contributed by atoms with E-state index in [4.69, 9.17) is 0 Å². The predicted octanol–water partition coefficient (Wildman–Crippen LogP) is 1.88. The molecule has 0 aromatic carbocycles. The van der Waals surface area contributed by atoms with Gasteiger partial charge in [-0.1, -0.05) is 6.42 Å². The van der Waals surface area contributed by atoms with Crippen molar-refractivity contribution in [2.24, 2.45) is 17.8 Å². The Kier molecular flexibility index (Phi) is 2.73. The van der Waals surface area contributed by atoms with Crippen LogP contribution in [0.5, 0.6) is 0 Å². The molecule has 1 saturated heterocycles. The Morgan fingerprint density at radius 3 is 2.40 bits per heavy atom. The molecular formula is C13H23NO. The molecule has 1 N–H and O–H groups in total. The lowest BCUT2D eigenvalue weighted by Crippen LogP contribution is -2.40. The quantitative estimate of drug-likeness (QED) is 0.750. The van der Waals surface area contributed by atoms with E-state index in [0.29, 0.717) is 11.8 Å². The van der Waals surface area contributed by atoms with Crippen molar-refractivity contribution < 1.29 is 5.11 Å².